The second kappa shape index (κ2) is 9.61. The van der Waals surface area contributed by atoms with Crippen molar-refractivity contribution in [3.05, 3.63) is 12.2 Å². The van der Waals surface area contributed by atoms with Gasteiger partial charge in [-0.25, -0.2) is 9.59 Å². The van der Waals surface area contributed by atoms with Crippen LogP contribution in [-0.2, 0) is 23.8 Å². The predicted octanol–water partition coefficient (Wildman–Crippen LogP) is 1.00. The number of hydrogen-bond acceptors (Lipinski definition) is 5. The number of carbonyl (C=O) groups excluding carboxylic acids is 1. The molecule has 0 aliphatic rings. The Morgan fingerprint density at radius 3 is 2.28 bits per heavy atom. The molecule has 2 unspecified atom stereocenters. The van der Waals surface area contributed by atoms with Crippen molar-refractivity contribution in [2.45, 2.75) is 33.0 Å². The van der Waals surface area contributed by atoms with Gasteiger partial charge in [-0.1, -0.05) is 0 Å². The minimum atomic E-state index is -1.19. The molecule has 0 saturated carbocycles. The van der Waals surface area contributed by atoms with E-state index in [-0.39, 0.29) is 18.8 Å². The third kappa shape index (κ3) is 9.80. The number of carboxylic acids is 1. The topological polar surface area (TPSA) is 82.1 Å². The third-order valence-electron chi connectivity index (χ3n) is 1.89. The normalized spacial score (nSPS) is 14.4. The third-order valence-corrected chi connectivity index (χ3v) is 1.89. The molecular weight excluding hydrogens is 240 g/mol. The molecule has 0 radical (unpaired) electrons. The van der Waals surface area contributed by atoms with Gasteiger partial charge in [0, 0.05) is 18.8 Å². The van der Waals surface area contributed by atoms with Crippen LogP contribution in [0.15, 0.2) is 12.2 Å². The van der Waals surface area contributed by atoms with Crippen molar-refractivity contribution < 1.29 is 28.9 Å². The maximum Gasteiger partial charge on any atom is 0.331 e. The maximum atomic E-state index is 11.0. The van der Waals surface area contributed by atoms with Crippen molar-refractivity contribution in [1.82, 2.24) is 0 Å². The van der Waals surface area contributed by atoms with Crippen molar-refractivity contribution in [2.75, 3.05) is 19.8 Å². The van der Waals surface area contributed by atoms with Crippen LogP contribution in [-0.4, -0.2) is 49.1 Å². The van der Waals surface area contributed by atoms with Gasteiger partial charge in [0.2, 0.25) is 0 Å². The summed E-state index contributed by atoms with van der Waals surface area (Å²) in [6.07, 6.45) is 1.30. The van der Waals surface area contributed by atoms with Gasteiger partial charge in [0.1, 0.15) is 6.61 Å². The first-order valence-corrected chi connectivity index (χ1v) is 5.76. The summed E-state index contributed by atoms with van der Waals surface area (Å²) in [6, 6.07) is 0. The Morgan fingerprint density at radius 2 is 1.72 bits per heavy atom. The van der Waals surface area contributed by atoms with Gasteiger partial charge < -0.3 is 19.3 Å². The van der Waals surface area contributed by atoms with Crippen LogP contribution in [0.5, 0.6) is 0 Å². The standard InChI is InChI=1S/C12H20O6/c1-4-16-9(2)7-17-10(3)8-18-12(15)6-5-11(13)14/h5-6,9-10H,4,7-8H2,1-3H3,(H,13,14)/b6-5-. The summed E-state index contributed by atoms with van der Waals surface area (Å²) in [5.41, 5.74) is 0. The zero-order valence-electron chi connectivity index (χ0n) is 10.9. The van der Waals surface area contributed by atoms with E-state index in [0.29, 0.717) is 13.2 Å². The molecule has 104 valence electrons. The van der Waals surface area contributed by atoms with Crippen LogP contribution in [0.25, 0.3) is 0 Å². The second-order valence-electron chi connectivity index (χ2n) is 3.71. The Morgan fingerprint density at radius 1 is 1.11 bits per heavy atom. The summed E-state index contributed by atoms with van der Waals surface area (Å²) in [4.78, 5) is 21.2. The number of ether oxygens (including phenoxy) is 3. The molecule has 0 heterocycles. The minimum Gasteiger partial charge on any atom is -0.478 e. The van der Waals surface area contributed by atoms with Crippen LogP contribution >= 0.6 is 0 Å². The van der Waals surface area contributed by atoms with Gasteiger partial charge in [0.25, 0.3) is 0 Å². The Kier molecular flexibility index (Phi) is 8.86. The number of carbonyl (C=O) groups is 2. The van der Waals surface area contributed by atoms with Gasteiger partial charge in [-0.2, -0.15) is 0 Å². The van der Waals surface area contributed by atoms with E-state index in [1.54, 1.807) is 6.92 Å². The first kappa shape index (κ1) is 16.6. The number of rotatable bonds is 9. The van der Waals surface area contributed by atoms with Crippen LogP contribution in [0, 0.1) is 0 Å². The molecule has 0 aliphatic carbocycles. The van der Waals surface area contributed by atoms with Gasteiger partial charge in [-0.3, -0.25) is 0 Å². The van der Waals surface area contributed by atoms with E-state index < -0.39 is 11.9 Å². The lowest BCUT2D eigenvalue weighted by Gasteiger charge is -2.16. The lowest BCUT2D eigenvalue weighted by molar-refractivity contribution is -0.143. The highest BCUT2D eigenvalue weighted by Crippen LogP contribution is 1.98. The van der Waals surface area contributed by atoms with Gasteiger partial charge >= 0.3 is 11.9 Å². The average molecular weight is 260 g/mol. The van der Waals surface area contributed by atoms with E-state index in [9.17, 15) is 9.59 Å². The number of aliphatic carboxylic acids is 1. The predicted molar refractivity (Wildman–Crippen MR) is 64.2 cm³/mol. The molecule has 0 rings (SSSR count). The zero-order chi connectivity index (χ0) is 14.0. The molecule has 18 heavy (non-hydrogen) atoms. The molecule has 0 spiro atoms. The van der Waals surface area contributed by atoms with Crippen molar-refractivity contribution in [1.29, 1.82) is 0 Å². The number of carboxylic acid groups (broad SMARTS) is 1. The van der Waals surface area contributed by atoms with Gasteiger partial charge in [0.15, 0.2) is 0 Å². The fraction of sp³-hybridized carbons (Fsp3) is 0.667. The van der Waals surface area contributed by atoms with Crippen LogP contribution in [0.1, 0.15) is 20.8 Å². The highest BCUT2D eigenvalue weighted by atomic mass is 16.6. The molecule has 0 aromatic rings. The lowest BCUT2D eigenvalue weighted by atomic mass is 10.4. The molecule has 2 atom stereocenters. The van der Waals surface area contributed by atoms with Gasteiger partial charge in [0.05, 0.1) is 18.8 Å². The molecule has 0 bridgehead atoms. The molecule has 1 N–H and O–H groups in total. The molecule has 0 aromatic heterocycles. The van der Waals surface area contributed by atoms with Crippen molar-refractivity contribution in [2.24, 2.45) is 0 Å². The molecule has 0 saturated heterocycles. The molecule has 6 heteroatoms. The van der Waals surface area contributed by atoms with Crippen molar-refractivity contribution in [3.63, 3.8) is 0 Å². The Balaban J connectivity index is 3.73. The van der Waals surface area contributed by atoms with E-state index in [0.717, 1.165) is 12.2 Å². The smallest absolute Gasteiger partial charge is 0.331 e. The molecular formula is C12H20O6. The van der Waals surface area contributed by atoms with Crippen LogP contribution < -0.4 is 0 Å². The largest absolute Gasteiger partial charge is 0.478 e. The Labute approximate surface area is 107 Å². The summed E-state index contributed by atoms with van der Waals surface area (Å²) in [6.45, 7) is 6.65. The highest BCUT2D eigenvalue weighted by Gasteiger charge is 2.08. The summed E-state index contributed by atoms with van der Waals surface area (Å²) in [5.74, 6) is -1.90. The molecule has 0 aromatic carbocycles. The van der Waals surface area contributed by atoms with Crippen LogP contribution in [0.2, 0.25) is 0 Å². The van der Waals surface area contributed by atoms with E-state index in [1.165, 1.54) is 0 Å². The molecule has 0 fully saturated rings. The summed E-state index contributed by atoms with van der Waals surface area (Å²) in [7, 11) is 0. The quantitative estimate of drug-likeness (QED) is 0.492. The van der Waals surface area contributed by atoms with E-state index in [4.69, 9.17) is 19.3 Å². The lowest BCUT2D eigenvalue weighted by Crippen LogP contribution is -2.24. The monoisotopic (exact) mass is 260 g/mol. The second-order valence-corrected chi connectivity index (χ2v) is 3.71. The fourth-order valence-electron chi connectivity index (χ4n) is 1.07. The van der Waals surface area contributed by atoms with E-state index in [2.05, 4.69) is 0 Å². The van der Waals surface area contributed by atoms with Crippen molar-refractivity contribution >= 4 is 11.9 Å². The Bertz CT molecular complexity index is 286. The van der Waals surface area contributed by atoms with Crippen LogP contribution in [0.3, 0.4) is 0 Å². The van der Waals surface area contributed by atoms with Gasteiger partial charge in [-0.05, 0) is 20.8 Å². The zero-order valence-corrected chi connectivity index (χ0v) is 10.9. The fourth-order valence-corrected chi connectivity index (χ4v) is 1.07. The average Bonchev–Trinajstić information content (AvgIpc) is 2.31. The number of hydrogen-bond donors (Lipinski definition) is 1. The molecule has 6 nitrogen and oxygen atoms in total. The SMILES string of the molecule is CCOC(C)COC(C)COC(=O)/C=C\C(=O)O. The number of esters is 1. The summed E-state index contributed by atoms with van der Waals surface area (Å²) in [5, 5.41) is 8.30. The van der Waals surface area contributed by atoms with Gasteiger partial charge in [-0.15, -0.1) is 0 Å². The summed E-state index contributed by atoms with van der Waals surface area (Å²) >= 11 is 0. The van der Waals surface area contributed by atoms with Crippen molar-refractivity contribution in [3.8, 4) is 0 Å². The first-order chi connectivity index (χ1) is 8.45. The minimum absolute atomic E-state index is 0.0138. The molecule has 0 aliphatic heterocycles. The maximum absolute atomic E-state index is 11.0. The van der Waals surface area contributed by atoms with Crippen LogP contribution in [0.4, 0.5) is 0 Å². The first-order valence-electron chi connectivity index (χ1n) is 5.76. The Hall–Kier alpha value is -1.40. The molecule has 0 amide bonds. The van der Waals surface area contributed by atoms with E-state index in [1.807, 2.05) is 13.8 Å². The highest BCUT2D eigenvalue weighted by molar-refractivity contribution is 5.90. The summed E-state index contributed by atoms with van der Waals surface area (Å²) < 4.78 is 15.5. The van der Waals surface area contributed by atoms with E-state index >= 15 is 0 Å².